The van der Waals surface area contributed by atoms with Crippen molar-refractivity contribution in [1.82, 2.24) is 0 Å². The second-order valence-electron chi connectivity index (χ2n) is 3.80. The number of hydrogen-bond donors (Lipinski definition) is 3. The monoisotopic (exact) mass is 256 g/mol. The van der Waals surface area contributed by atoms with Gasteiger partial charge in [-0.25, -0.2) is 0 Å². The summed E-state index contributed by atoms with van der Waals surface area (Å²) in [5, 5.41) is 3.15. The van der Waals surface area contributed by atoms with Crippen LogP contribution >= 0.6 is 11.6 Å². The van der Waals surface area contributed by atoms with Crippen molar-refractivity contribution in [3.05, 3.63) is 29.3 Å². The third kappa shape index (κ3) is 4.84. The minimum absolute atomic E-state index is 0.121. The second-order valence-corrected chi connectivity index (χ2v) is 4.21. The fourth-order valence-corrected chi connectivity index (χ4v) is 1.57. The number of nitrogens with one attached hydrogen (secondary N) is 2. The highest BCUT2D eigenvalue weighted by Crippen LogP contribution is 2.19. The van der Waals surface area contributed by atoms with Crippen molar-refractivity contribution in [3.8, 4) is 0 Å². The van der Waals surface area contributed by atoms with Gasteiger partial charge in [0, 0.05) is 0 Å². The Balaban J connectivity index is 2.50. The van der Waals surface area contributed by atoms with Crippen LogP contribution in [0.5, 0.6) is 0 Å². The van der Waals surface area contributed by atoms with E-state index in [4.69, 9.17) is 17.3 Å². The van der Waals surface area contributed by atoms with Gasteiger partial charge in [-0.05, 0) is 12.1 Å². The maximum atomic E-state index is 11.6. The predicted molar refractivity (Wildman–Crippen MR) is 65.9 cm³/mol. The lowest BCUT2D eigenvalue weighted by atomic mass is 10.3. The van der Waals surface area contributed by atoms with Crippen LogP contribution in [0.3, 0.4) is 0 Å². The molecule has 1 rings (SSSR count). The number of hydrogen-bond acceptors (Lipinski definition) is 2. The van der Waals surface area contributed by atoms with Crippen molar-refractivity contribution in [3.63, 3.8) is 0 Å². The molecule has 4 N–H and O–H groups in total. The summed E-state index contributed by atoms with van der Waals surface area (Å²) < 4.78 is 0. The first-order valence-electron chi connectivity index (χ1n) is 5.13. The zero-order chi connectivity index (χ0) is 12.8. The van der Waals surface area contributed by atoms with E-state index >= 15 is 0 Å². The van der Waals surface area contributed by atoms with Crippen LogP contribution in [-0.4, -0.2) is 32.0 Å². The van der Waals surface area contributed by atoms with Crippen molar-refractivity contribution in [2.45, 2.75) is 0 Å². The Morgan fingerprint density at radius 1 is 1.35 bits per heavy atom. The van der Waals surface area contributed by atoms with Crippen molar-refractivity contribution in [1.29, 1.82) is 0 Å². The largest absolute Gasteiger partial charge is 0.365 e. The summed E-state index contributed by atoms with van der Waals surface area (Å²) in [5.74, 6) is -0.648. The first-order valence-corrected chi connectivity index (χ1v) is 5.51. The number of halogens is 1. The van der Waals surface area contributed by atoms with Gasteiger partial charge in [-0.2, -0.15) is 0 Å². The fraction of sp³-hybridized carbons (Fsp3) is 0.273. The van der Waals surface area contributed by atoms with E-state index in [2.05, 4.69) is 5.32 Å². The average molecular weight is 257 g/mol. The Morgan fingerprint density at radius 2 is 2.00 bits per heavy atom. The van der Waals surface area contributed by atoms with E-state index in [1.165, 1.54) is 0 Å². The highest BCUT2D eigenvalue weighted by Gasteiger charge is 2.12. The molecule has 1 aromatic rings. The number of nitrogens with two attached hydrogens (primary N) is 1. The van der Waals surface area contributed by atoms with Crippen molar-refractivity contribution in [2.75, 3.05) is 25.5 Å². The number of anilines is 1. The number of para-hydroxylation sites is 1. The minimum atomic E-state index is -0.437. The zero-order valence-electron chi connectivity index (χ0n) is 9.50. The molecule has 0 heterocycles. The summed E-state index contributed by atoms with van der Waals surface area (Å²) in [6.07, 6.45) is 0. The molecule has 0 bridgehead atoms. The van der Waals surface area contributed by atoms with Gasteiger partial charge in [-0.3, -0.25) is 9.59 Å². The minimum Gasteiger partial charge on any atom is -0.365 e. The molecule has 1 atom stereocenters. The van der Waals surface area contributed by atoms with E-state index in [1.807, 2.05) is 0 Å². The zero-order valence-corrected chi connectivity index (χ0v) is 10.3. The molecule has 0 saturated heterocycles. The molecule has 17 heavy (non-hydrogen) atoms. The number of rotatable bonds is 5. The Hall–Kier alpha value is -1.59. The average Bonchev–Trinajstić information content (AvgIpc) is 2.19. The predicted octanol–water partition coefficient (Wildman–Crippen LogP) is -0.721. The number of quaternary nitrogens is 1. The molecule has 0 saturated carbocycles. The highest BCUT2D eigenvalue weighted by atomic mass is 35.5. The molecule has 0 fully saturated rings. The van der Waals surface area contributed by atoms with E-state index in [-0.39, 0.29) is 19.0 Å². The summed E-state index contributed by atoms with van der Waals surface area (Å²) in [6, 6.07) is 6.96. The molecule has 92 valence electrons. The van der Waals surface area contributed by atoms with Gasteiger partial charge in [0.25, 0.3) is 11.8 Å². The quantitative estimate of drug-likeness (QED) is 0.650. The van der Waals surface area contributed by atoms with Gasteiger partial charge >= 0.3 is 0 Å². The summed E-state index contributed by atoms with van der Waals surface area (Å²) in [4.78, 5) is 23.0. The van der Waals surface area contributed by atoms with Crippen molar-refractivity contribution < 1.29 is 14.5 Å². The summed E-state index contributed by atoms with van der Waals surface area (Å²) >= 11 is 5.89. The molecule has 5 nitrogen and oxygen atoms in total. The van der Waals surface area contributed by atoms with Gasteiger partial charge in [0.2, 0.25) is 0 Å². The number of carbonyl (C=O) groups excluding carboxylic acids is 2. The maximum Gasteiger partial charge on any atom is 0.279 e. The Morgan fingerprint density at radius 3 is 2.59 bits per heavy atom. The molecule has 0 radical (unpaired) electrons. The first kappa shape index (κ1) is 13.5. The van der Waals surface area contributed by atoms with Crippen LogP contribution in [0.4, 0.5) is 5.69 Å². The summed E-state index contributed by atoms with van der Waals surface area (Å²) in [6.45, 7) is 0.282. The van der Waals surface area contributed by atoms with Crippen molar-refractivity contribution >= 4 is 29.1 Å². The van der Waals surface area contributed by atoms with E-state index < -0.39 is 5.91 Å². The van der Waals surface area contributed by atoms with Crippen molar-refractivity contribution in [2.24, 2.45) is 5.73 Å². The number of primary amides is 1. The normalized spacial score (nSPS) is 11.9. The molecule has 0 aliphatic carbocycles. The molecule has 0 aliphatic heterocycles. The molecular formula is C11H15ClN3O2+. The van der Waals surface area contributed by atoms with Gasteiger partial charge < -0.3 is 16.0 Å². The van der Waals surface area contributed by atoms with Crippen LogP contribution in [0.25, 0.3) is 0 Å². The van der Waals surface area contributed by atoms with Crippen LogP contribution in [0, 0.1) is 0 Å². The van der Waals surface area contributed by atoms with E-state index in [9.17, 15) is 9.59 Å². The Kier molecular flexibility index (Phi) is 4.93. The number of carbonyl (C=O) groups is 2. The molecule has 0 aliphatic rings. The Labute approximate surface area is 105 Å². The topological polar surface area (TPSA) is 76.6 Å². The van der Waals surface area contributed by atoms with Gasteiger partial charge in [0.1, 0.15) is 0 Å². The molecule has 0 aromatic heterocycles. The summed E-state index contributed by atoms with van der Waals surface area (Å²) in [5.41, 5.74) is 5.59. The van der Waals surface area contributed by atoms with Gasteiger partial charge in [0.05, 0.1) is 17.8 Å². The SMILES string of the molecule is C[NH+](CC(N)=O)CC(=O)Nc1ccccc1Cl. The fourth-order valence-electron chi connectivity index (χ4n) is 1.39. The van der Waals surface area contributed by atoms with Gasteiger partial charge in [-0.1, -0.05) is 23.7 Å². The molecule has 1 unspecified atom stereocenters. The van der Waals surface area contributed by atoms with Gasteiger partial charge in [0.15, 0.2) is 13.1 Å². The lowest BCUT2D eigenvalue weighted by Gasteiger charge is -2.12. The third-order valence-electron chi connectivity index (χ3n) is 2.09. The second kappa shape index (κ2) is 6.22. The standard InChI is InChI=1S/C11H14ClN3O2/c1-15(6-10(13)16)7-11(17)14-9-5-3-2-4-8(9)12/h2-5H,6-7H2,1H3,(H2,13,16)(H,14,17)/p+1. The first-order chi connectivity index (χ1) is 7.99. The lowest BCUT2D eigenvalue weighted by Crippen LogP contribution is -3.11. The van der Waals surface area contributed by atoms with Crippen LogP contribution in [0.2, 0.25) is 5.02 Å². The van der Waals surface area contributed by atoms with Crippen LogP contribution in [0.1, 0.15) is 0 Å². The number of amides is 2. The molecule has 6 heteroatoms. The maximum absolute atomic E-state index is 11.6. The molecule has 1 aromatic carbocycles. The van der Waals surface area contributed by atoms with Crippen LogP contribution < -0.4 is 16.0 Å². The Bertz CT molecular complexity index is 423. The van der Waals surface area contributed by atoms with Crippen LogP contribution in [-0.2, 0) is 9.59 Å². The van der Waals surface area contributed by atoms with Crippen LogP contribution in [0.15, 0.2) is 24.3 Å². The van der Waals surface area contributed by atoms with E-state index in [1.54, 1.807) is 31.3 Å². The summed E-state index contributed by atoms with van der Waals surface area (Å²) in [7, 11) is 1.72. The smallest absolute Gasteiger partial charge is 0.279 e. The lowest BCUT2D eigenvalue weighted by molar-refractivity contribution is -0.862. The highest BCUT2D eigenvalue weighted by molar-refractivity contribution is 6.33. The van der Waals surface area contributed by atoms with Gasteiger partial charge in [-0.15, -0.1) is 0 Å². The molecule has 2 amide bonds. The third-order valence-corrected chi connectivity index (χ3v) is 2.42. The molecular weight excluding hydrogens is 242 g/mol. The van der Waals surface area contributed by atoms with E-state index in [0.717, 1.165) is 4.90 Å². The number of benzene rings is 1. The molecule has 0 spiro atoms. The van der Waals surface area contributed by atoms with E-state index in [0.29, 0.717) is 10.7 Å². The number of likely N-dealkylation sites (N-methyl/N-ethyl adjacent to an activating group) is 1.